The number of halogens is 7. The van der Waals surface area contributed by atoms with Crippen LogP contribution in [-0.2, 0) is 9.47 Å². The normalized spacial score (nSPS) is 12.6. The molecular formula is C15H13F7O4. The molecule has 0 fully saturated rings. The smallest absolute Gasteiger partial charge is 0.460 e. The second-order valence-corrected chi connectivity index (χ2v) is 5.03. The first-order chi connectivity index (χ1) is 11.8. The van der Waals surface area contributed by atoms with E-state index in [4.69, 9.17) is 4.74 Å². The Morgan fingerprint density at radius 1 is 0.885 bits per heavy atom. The highest BCUT2D eigenvalue weighted by Gasteiger charge is 2.73. The summed E-state index contributed by atoms with van der Waals surface area (Å²) < 4.78 is 96.6. The molecule has 0 bridgehead atoms. The number of benzene rings is 1. The second kappa shape index (κ2) is 7.92. The molecule has 4 nitrogen and oxygen atoms in total. The average molecular weight is 390 g/mol. The first-order valence-electron chi connectivity index (χ1n) is 7.10. The predicted molar refractivity (Wildman–Crippen MR) is 73.2 cm³/mol. The van der Waals surface area contributed by atoms with Crippen molar-refractivity contribution in [2.75, 3.05) is 13.2 Å². The van der Waals surface area contributed by atoms with E-state index in [0.29, 0.717) is 6.42 Å². The highest BCUT2D eigenvalue weighted by Crippen LogP contribution is 2.46. The number of carbonyl (C=O) groups is 2. The van der Waals surface area contributed by atoms with Gasteiger partial charge in [0.2, 0.25) is 0 Å². The summed E-state index contributed by atoms with van der Waals surface area (Å²) >= 11 is 0. The molecule has 1 aromatic rings. The average Bonchev–Trinajstić information content (AvgIpc) is 2.56. The third kappa shape index (κ3) is 4.64. The van der Waals surface area contributed by atoms with E-state index in [1.54, 1.807) is 6.92 Å². The number of carbonyl (C=O) groups excluding carboxylic acids is 2. The number of rotatable bonds is 7. The van der Waals surface area contributed by atoms with E-state index in [2.05, 4.69) is 4.74 Å². The molecule has 26 heavy (non-hydrogen) atoms. The Hall–Kier alpha value is -2.33. The second-order valence-electron chi connectivity index (χ2n) is 5.03. The van der Waals surface area contributed by atoms with E-state index < -0.39 is 47.7 Å². The van der Waals surface area contributed by atoms with Crippen LogP contribution < -0.4 is 0 Å². The van der Waals surface area contributed by atoms with Gasteiger partial charge in [-0.15, -0.1) is 0 Å². The van der Waals surface area contributed by atoms with Crippen molar-refractivity contribution in [1.82, 2.24) is 0 Å². The van der Waals surface area contributed by atoms with E-state index in [1.807, 2.05) is 0 Å². The van der Waals surface area contributed by atoms with Gasteiger partial charge in [0.05, 0.1) is 17.7 Å². The van der Waals surface area contributed by atoms with Crippen LogP contribution in [0.2, 0.25) is 0 Å². The minimum atomic E-state index is -6.54. The van der Waals surface area contributed by atoms with Crippen LogP contribution in [0.15, 0.2) is 24.3 Å². The van der Waals surface area contributed by atoms with Crippen molar-refractivity contribution in [3.63, 3.8) is 0 Å². The fraction of sp³-hybridized carbons (Fsp3) is 0.467. The summed E-state index contributed by atoms with van der Waals surface area (Å²) in [6.07, 6.45) is -6.10. The van der Waals surface area contributed by atoms with Crippen molar-refractivity contribution < 1.29 is 49.8 Å². The molecule has 0 N–H and O–H groups in total. The van der Waals surface area contributed by atoms with Crippen LogP contribution in [0.4, 0.5) is 30.7 Å². The zero-order chi connectivity index (χ0) is 20.2. The summed E-state index contributed by atoms with van der Waals surface area (Å²) in [5.41, 5.74) is -1.02. The molecule has 0 aliphatic rings. The van der Waals surface area contributed by atoms with Gasteiger partial charge in [0, 0.05) is 0 Å². The molecule has 0 saturated heterocycles. The zero-order valence-corrected chi connectivity index (χ0v) is 13.2. The Bertz CT molecular complexity index is 656. The van der Waals surface area contributed by atoms with Gasteiger partial charge in [-0.25, -0.2) is 9.59 Å². The van der Waals surface area contributed by atoms with Crippen LogP contribution in [0.25, 0.3) is 0 Å². The van der Waals surface area contributed by atoms with Gasteiger partial charge >= 0.3 is 30.0 Å². The minimum Gasteiger partial charge on any atom is -0.462 e. The molecule has 0 amide bonds. The van der Waals surface area contributed by atoms with E-state index in [0.717, 1.165) is 12.1 Å². The molecule has 0 unspecified atom stereocenters. The first-order valence-corrected chi connectivity index (χ1v) is 7.10. The number of hydrogen-bond acceptors (Lipinski definition) is 4. The largest absolute Gasteiger partial charge is 0.462 e. The third-order valence-corrected chi connectivity index (χ3v) is 3.00. The van der Waals surface area contributed by atoms with E-state index in [1.165, 1.54) is 12.1 Å². The summed E-state index contributed by atoms with van der Waals surface area (Å²) in [5.74, 6) is -14.8. The fourth-order valence-corrected chi connectivity index (χ4v) is 1.64. The Kier molecular flexibility index (Phi) is 6.61. The number of alkyl halides is 7. The molecular weight excluding hydrogens is 377 g/mol. The van der Waals surface area contributed by atoms with Crippen LogP contribution in [0.3, 0.4) is 0 Å². The van der Waals surface area contributed by atoms with Crippen molar-refractivity contribution in [2.45, 2.75) is 31.4 Å². The van der Waals surface area contributed by atoms with Crippen LogP contribution >= 0.6 is 0 Å². The van der Waals surface area contributed by atoms with Gasteiger partial charge < -0.3 is 9.47 Å². The van der Waals surface area contributed by atoms with Crippen molar-refractivity contribution in [3.8, 4) is 0 Å². The molecule has 0 saturated carbocycles. The Balaban J connectivity index is 2.95. The van der Waals surface area contributed by atoms with Gasteiger partial charge in [0.1, 0.15) is 0 Å². The van der Waals surface area contributed by atoms with Crippen molar-refractivity contribution >= 4 is 11.9 Å². The fourth-order valence-electron chi connectivity index (χ4n) is 1.64. The molecule has 1 rings (SSSR count). The maximum Gasteiger partial charge on any atom is 0.460 e. The summed E-state index contributed by atoms with van der Waals surface area (Å²) in [6.45, 7) is -0.870. The lowest BCUT2D eigenvalue weighted by molar-refractivity contribution is -0.359. The summed E-state index contributed by atoms with van der Waals surface area (Å²) in [6, 6.07) is 4.53. The van der Waals surface area contributed by atoms with Gasteiger partial charge in [0.25, 0.3) is 0 Å². The van der Waals surface area contributed by atoms with Gasteiger partial charge in [-0.3, -0.25) is 0 Å². The van der Waals surface area contributed by atoms with Crippen LogP contribution in [0.5, 0.6) is 0 Å². The van der Waals surface area contributed by atoms with E-state index in [-0.39, 0.29) is 6.61 Å². The Labute approximate surface area is 142 Å². The summed E-state index contributed by atoms with van der Waals surface area (Å²) in [7, 11) is 0. The first kappa shape index (κ1) is 21.7. The molecule has 11 heteroatoms. The number of hydrogen-bond donors (Lipinski definition) is 0. The quantitative estimate of drug-likeness (QED) is 0.516. The highest BCUT2D eigenvalue weighted by molar-refractivity contribution is 6.03. The third-order valence-electron chi connectivity index (χ3n) is 3.00. The zero-order valence-electron chi connectivity index (χ0n) is 13.2. The predicted octanol–water partition coefficient (Wildman–Crippen LogP) is 4.24. The van der Waals surface area contributed by atoms with E-state index >= 15 is 0 Å². The Morgan fingerprint density at radius 3 is 1.77 bits per heavy atom. The van der Waals surface area contributed by atoms with Crippen molar-refractivity contribution in [2.24, 2.45) is 0 Å². The summed E-state index contributed by atoms with van der Waals surface area (Å²) in [4.78, 5) is 23.6. The van der Waals surface area contributed by atoms with Gasteiger partial charge in [0.15, 0.2) is 6.61 Å². The number of esters is 2. The lowest BCUT2D eigenvalue weighted by Crippen LogP contribution is -2.54. The summed E-state index contributed by atoms with van der Waals surface area (Å²) in [5, 5.41) is 0. The van der Waals surface area contributed by atoms with Crippen molar-refractivity contribution in [3.05, 3.63) is 35.4 Å². The molecule has 0 atom stereocenters. The molecule has 1 aromatic carbocycles. The van der Waals surface area contributed by atoms with Gasteiger partial charge in [-0.05, 0) is 18.6 Å². The Morgan fingerprint density at radius 2 is 1.35 bits per heavy atom. The molecule has 0 aromatic heterocycles. The lowest BCUT2D eigenvalue weighted by Gasteiger charge is -2.27. The monoisotopic (exact) mass is 390 g/mol. The SMILES string of the molecule is CCCOC(=O)c1ccccc1C(=O)OCC(F)(F)C(F)(F)C(F)(F)F. The maximum absolute atomic E-state index is 13.2. The van der Waals surface area contributed by atoms with Crippen LogP contribution in [0, 0.1) is 0 Å². The standard InChI is InChI=1S/C15H13F7O4/c1-2-7-25-11(23)9-5-3-4-6-10(9)12(24)26-8-13(16,17)14(18,19)15(20,21)22/h3-6H,2,7-8H2,1H3. The topological polar surface area (TPSA) is 52.6 Å². The van der Waals surface area contributed by atoms with Gasteiger partial charge in [-0.2, -0.15) is 30.7 Å². The molecule has 0 radical (unpaired) electrons. The lowest BCUT2D eigenvalue weighted by atomic mass is 10.1. The maximum atomic E-state index is 13.2. The number of ether oxygens (including phenoxy) is 2. The highest BCUT2D eigenvalue weighted by atomic mass is 19.4. The molecule has 0 spiro atoms. The molecule has 0 aliphatic carbocycles. The molecule has 0 heterocycles. The minimum absolute atomic E-state index is 0.0158. The van der Waals surface area contributed by atoms with Gasteiger partial charge in [-0.1, -0.05) is 19.1 Å². The van der Waals surface area contributed by atoms with E-state index in [9.17, 15) is 40.3 Å². The van der Waals surface area contributed by atoms with Crippen LogP contribution in [0.1, 0.15) is 34.1 Å². The molecule has 146 valence electrons. The van der Waals surface area contributed by atoms with Crippen LogP contribution in [-0.4, -0.2) is 43.2 Å². The molecule has 0 aliphatic heterocycles. The van der Waals surface area contributed by atoms with Crippen molar-refractivity contribution in [1.29, 1.82) is 0 Å².